The molecule has 2 rings (SSSR count). The predicted molar refractivity (Wildman–Crippen MR) is 75.3 cm³/mol. The van der Waals surface area contributed by atoms with E-state index in [0.717, 1.165) is 34.8 Å². The standard InChI is InChI=1S/C13H16BrN3O2/c1-3-6-17-13(15-9-16-17)8-19-12-5-4-10(18-2)7-11(12)14/h4-5,7,9H,3,6,8H2,1-2H3. The average molecular weight is 326 g/mol. The average Bonchev–Trinajstić information content (AvgIpc) is 2.85. The Morgan fingerprint density at radius 2 is 2.21 bits per heavy atom. The maximum atomic E-state index is 5.74. The number of rotatable bonds is 6. The largest absolute Gasteiger partial charge is 0.497 e. The summed E-state index contributed by atoms with van der Waals surface area (Å²) in [7, 11) is 1.63. The van der Waals surface area contributed by atoms with Crippen LogP contribution in [-0.2, 0) is 13.2 Å². The van der Waals surface area contributed by atoms with Crippen LogP contribution in [0.25, 0.3) is 0 Å². The number of aryl methyl sites for hydroxylation is 1. The molecule has 2 aromatic rings. The van der Waals surface area contributed by atoms with Crippen molar-refractivity contribution in [2.24, 2.45) is 0 Å². The van der Waals surface area contributed by atoms with Crippen LogP contribution in [0.5, 0.6) is 11.5 Å². The monoisotopic (exact) mass is 325 g/mol. The van der Waals surface area contributed by atoms with Gasteiger partial charge in [0.1, 0.15) is 24.4 Å². The summed E-state index contributed by atoms with van der Waals surface area (Å²) in [5.74, 6) is 2.37. The molecule has 1 heterocycles. The van der Waals surface area contributed by atoms with Crippen LogP contribution in [-0.4, -0.2) is 21.9 Å². The first kappa shape index (κ1) is 13.9. The van der Waals surface area contributed by atoms with Crippen LogP contribution in [0.3, 0.4) is 0 Å². The van der Waals surface area contributed by atoms with Crippen molar-refractivity contribution in [3.8, 4) is 11.5 Å². The lowest BCUT2D eigenvalue weighted by Gasteiger charge is -2.09. The molecule has 0 unspecified atom stereocenters. The van der Waals surface area contributed by atoms with Gasteiger partial charge in [-0.05, 0) is 40.5 Å². The highest BCUT2D eigenvalue weighted by molar-refractivity contribution is 9.10. The Morgan fingerprint density at radius 1 is 1.37 bits per heavy atom. The van der Waals surface area contributed by atoms with Crippen molar-refractivity contribution >= 4 is 15.9 Å². The molecule has 1 aromatic heterocycles. The number of benzene rings is 1. The van der Waals surface area contributed by atoms with E-state index in [9.17, 15) is 0 Å². The third-order valence-corrected chi connectivity index (χ3v) is 3.25. The molecule has 0 bridgehead atoms. The minimum atomic E-state index is 0.394. The van der Waals surface area contributed by atoms with E-state index in [4.69, 9.17) is 9.47 Å². The minimum Gasteiger partial charge on any atom is -0.497 e. The summed E-state index contributed by atoms with van der Waals surface area (Å²) >= 11 is 3.45. The molecule has 6 heteroatoms. The van der Waals surface area contributed by atoms with Gasteiger partial charge in [0.2, 0.25) is 0 Å². The van der Waals surface area contributed by atoms with Crippen molar-refractivity contribution in [1.29, 1.82) is 0 Å². The Kier molecular flexibility index (Phi) is 4.79. The van der Waals surface area contributed by atoms with Gasteiger partial charge in [-0.3, -0.25) is 0 Å². The van der Waals surface area contributed by atoms with E-state index in [2.05, 4.69) is 32.9 Å². The number of halogens is 1. The molecule has 5 nitrogen and oxygen atoms in total. The fraction of sp³-hybridized carbons (Fsp3) is 0.385. The fourth-order valence-corrected chi connectivity index (χ4v) is 2.14. The zero-order valence-corrected chi connectivity index (χ0v) is 12.6. The molecular weight excluding hydrogens is 310 g/mol. The molecule has 0 aliphatic carbocycles. The van der Waals surface area contributed by atoms with Crippen molar-refractivity contribution < 1.29 is 9.47 Å². The first-order valence-electron chi connectivity index (χ1n) is 6.07. The fourth-order valence-electron chi connectivity index (χ4n) is 1.67. The van der Waals surface area contributed by atoms with Gasteiger partial charge >= 0.3 is 0 Å². The molecule has 0 saturated heterocycles. The van der Waals surface area contributed by atoms with Crippen LogP contribution in [0.15, 0.2) is 29.0 Å². The van der Waals surface area contributed by atoms with Gasteiger partial charge in [0, 0.05) is 6.54 Å². The van der Waals surface area contributed by atoms with Gasteiger partial charge in [-0.2, -0.15) is 5.10 Å². The van der Waals surface area contributed by atoms with Crippen molar-refractivity contribution in [2.75, 3.05) is 7.11 Å². The molecule has 1 aromatic carbocycles. The molecule has 0 radical (unpaired) electrons. The normalized spacial score (nSPS) is 10.5. The molecule has 0 amide bonds. The molecule has 0 aliphatic heterocycles. The van der Waals surface area contributed by atoms with E-state index >= 15 is 0 Å². The Morgan fingerprint density at radius 3 is 2.89 bits per heavy atom. The van der Waals surface area contributed by atoms with E-state index < -0.39 is 0 Å². The van der Waals surface area contributed by atoms with Gasteiger partial charge in [0.25, 0.3) is 0 Å². The van der Waals surface area contributed by atoms with Crippen LogP contribution in [0.2, 0.25) is 0 Å². The van der Waals surface area contributed by atoms with E-state index in [-0.39, 0.29) is 0 Å². The number of nitrogens with zero attached hydrogens (tertiary/aromatic N) is 3. The second-order valence-electron chi connectivity index (χ2n) is 3.98. The van der Waals surface area contributed by atoms with E-state index in [1.807, 2.05) is 22.9 Å². The molecule has 0 N–H and O–H groups in total. The van der Waals surface area contributed by atoms with Crippen LogP contribution in [0.1, 0.15) is 19.2 Å². The number of ether oxygens (including phenoxy) is 2. The quantitative estimate of drug-likeness (QED) is 0.819. The number of methoxy groups -OCH3 is 1. The summed E-state index contributed by atoms with van der Waals surface area (Å²) in [6.45, 7) is 3.35. The SMILES string of the molecule is CCCn1ncnc1COc1ccc(OC)cc1Br. The summed E-state index contributed by atoms with van der Waals surface area (Å²) in [6, 6.07) is 5.59. The zero-order valence-electron chi connectivity index (χ0n) is 11.0. The Hall–Kier alpha value is -1.56. The summed E-state index contributed by atoms with van der Waals surface area (Å²) in [4.78, 5) is 4.20. The van der Waals surface area contributed by atoms with Gasteiger partial charge in [-0.1, -0.05) is 6.92 Å². The van der Waals surface area contributed by atoms with Gasteiger partial charge in [0.05, 0.1) is 11.6 Å². The molecule has 0 atom stereocenters. The van der Waals surface area contributed by atoms with Crippen molar-refractivity contribution in [3.05, 3.63) is 34.8 Å². The first-order chi connectivity index (χ1) is 9.24. The summed E-state index contributed by atoms with van der Waals surface area (Å²) in [6.07, 6.45) is 2.57. The Labute approximate surface area is 120 Å². The van der Waals surface area contributed by atoms with Crippen LogP contribution in [0, 0.1) is 0 Å². The molecule has 19 heavy (non-hydrogen) atoms. The van der Waals surface area contributed by atoms with Gasteiger partial charge < -0.3 is 9.47 Å². The lowest BCUT2D eigenvalue weighted by atomic mass is 10.3. The smallest absolute Gasteiger partial charge is 0.164 e. The number of hydrogen-bond acceptors (Lipinski definition) is 4. The third kappa shape index (κ3) is 3.47. The highest BCUT2D eigenvalue weighted by Crippen LogP contribution is 2.29. The molecular formula is C13H16BrN3O2. The number of aromatic nitrogens is 3. The topological polar surface area (TPSA) is 49.2 Å². The van der Waals surface area contributed by atoms with E-state index in [1.54, 1.807) is 13.4 Å². The summed E-state index contributed by atoms with van der Waals surface area (Å²) in [5, 5.41) is 4.16. The van der Waals surface area contributed by atoms with Crippen LogP contribution >= 0.6 is 15.9 Å². The Bertz CT molecular complexity index is 542. The predicted octanol–water partition coefficient (Wildman–Crippen LogP) is 3.04. The Balaban J connectivity index is 2.04. The van der Waals surface area contributed by atoms with E-state index in [0.29, 0.717) is 6.61 Å². The van der Waals surface area contributed by atoms with Crippen LogP contribution in [0.4, 0.5) is 0 Å². The second-order valence-corrected chi connectivity index (χ2v) is 4.84. The van der Waals surface area contributed by atoms with Crippen LogP contribution < -0.4 is 9.47 Å². The van der Waals surface area contributed by atoms with Gasteiger partial charge in [0.15, 0.2) is 5.82 Å². The molecule has 0 aliphatic rings. The number of hydrogen-bond donors (Lipinski definition) is 0. The molecule has 102 valence electrons. The maximum Gasteiger partial charge on any atom is 0.164 e. The lowest BCUT2D eigenvalue weighted by Crippen LogP contribution is -2.08. The molecule has 0 fully saturated rings. The molecule has 0 saturated carbocycles. The van der Waals surface area contributed by atoms with E-state index in [1.165, 1.54) is 0 Å². The first-order valence-corrected chi connectivity index (χ1v) is 6.87. The highest BCUT2D eigenvalue weighted by Gasteiger charge is 2.07. The molecule has 0 spiro atoms. The van der Waals surface area contributed by atoms with Crippen molar-refractivity contribution in [2.45, 2.75) is 26.5 Å². The summed E-state index contributed by atoms with van der Waals surface area (Å²) in [5.41, 5.74) is 0. The second kappa shape index (κ2) is 6.56. The third-order valence-electron chi connectivity index (χ3n) is 2.63. The summed E-state index contributed by atoms with van der Waals surface area (Å²) < 4.78 is 13.6. The zero-order chi connectivity index (χ0) is 13.7. The van der Waals surface area contributed by atoms with Gasteiger partial charge in [-0.15, -0.1) is 0 Å². The minimum absolute atomic E-state index is 0.394. The van der Waals surface area contributed by atoms with Gasteiger partial charge in [-0.25, -0.2) is 9.67 Å². The van der Waals surface area contributed by atoms with Crippen molar-refractivity contribution in [3.63, 3.8) is 0 Å². The van der Waals surface area contributed by atoms with Crippen molar-refractivity contribution in [1.82, 2.24) is 14.8 Å². The highest BCUT2D eigenvalue weighted by atomic mass is 79.9. The lowest BCUT2D eigenvalue weighted by molar-refractivity contribution is 0.284. The maximum absolute atomic E-state index is 5.74.